The molecule has 0 aliphatic carbocycles. The Bertz CT molecular complexity index is 90.2. The molecule has 0 aromatic carbocycles. The van der Waals surface area contributed by atoms with E-state index >= 15 is 0 Å². The third-order valence-electron chi connectivity index (χ3n) is 0.544. The standard InChI is InChI=1S/C6H14O.BF4/c1-5(2)7-6(3)4;2-1(3,4)5/h5-6H,1-4H3;/q;-1. The first-order valence-corrected chi connectivity index (χ1v) is 3.65. The maximum Gasteiger partial charge on any atom is 0.673 e. The van der Waals surface area contributed by atoms with E-state index in [1.165, 1.54) is 0 Å². The molecule has 0 heterocycles. The van der Waals surface area contributed by atoms with Crippen molar-refractivity contribution in [3.63, 3.8) is 0 Å². The van der Waals surface area contributed by atoms with Gasteiger partial charge in [-0.1, -0.05) is 0 Å². The second kappa shape index (κ2) is 6.28. The molecule has 0 spiro atoms. The van der Waals surface area contributed by atoms with Crippen LogP contribution in [-0.4, -0.2) is 19.5 Å². The summed E-state index contributed by atoms with van der Waals surface area (Å²) in [6, 6.07) is 0. The lowest BCUT2D eigenvalue weighted by molar-refractivity contribution is 0.0300. The molecule has 0 radical (unpaired) electrons. The van der Waals surface area contributed by atoms with Crippen molar-refractivity contribution >= 4 is 7.25 Å². The van der Waals surface area contributed by atoms with Crippen LogP contribution in [0.1, 0.15) is 27.7 Å². The summed E-state index contributed by atoms with van der Waals surface area (Å²) in [7, 11) is -6.00. The molecule has 76 valence electrons. The molecule has 6 heteroatoms. The predicted molar refractivity (Wildman–Crippen MR) is 41.5 cm³/mol. The van der Waals surface area contributed by atoms with Crippen molar-refractivity contribution in [1.29, 1.82) is 0 Å². The first-order valence-electron chi connectivity index (χ1n) is 3.65. The Morgan fingerprint density at radius 1 is 0.833 bits per heavy atom. The third kappa shape index (κ3) is 53.1. The lowest BCUT2D eigenvalue weighted by Gasteiger charge is -2.09. The van der Waals surface area contributed by atoms with E-state index in [1.54, 1.807) is 0 Å². The van der Waals surface area contributed by atoms with Crippen LogP contribution in [-0.2, 0) is 4.74 Å². The average molecular weight is 189 g/mol. The van der Waals surface area contributed by atoms with Gasteiger partial charge in [0.15, 0.2) is 0 Å². The van der Waals surface area contributed by atoms with Crippen LogP contribution in [0.15, 0.2) is 0 Å². The highest BCUT2D eigenvalue weighted by molar-refractivity contribution is 6.50. The van der Waals surface area contributed by atoms with Crippen LogP contribution < -0.4 is 0 Å². The number of ether oxygens (including phenoxy) is 1. The van der Waals surface area contributed by atoms with Gasteiger partial charge in [0.05, 0.1) is 12.2 Å². The highest BCUT2D eigenvalue weighted by Gasteiger charge is 2.20. The van der Waals surface area contributed by atoms with Gasteiger partial charge in [-0.25, -0.2) is 0 Å². The van der Waals surface area contributed by atoms with E-state index in [1.807, 2.05) is 27.7 Å². The van der Waals surface area contributed by atoms with Crippen molar-refractivity contribution in [2.45, 2.75) is 39.9 Å². The van der Waals surface area contributed by atoms with Crippen molar-refractivity contribution < 1.29 is 22.0 Å². The minimum atomic E-state index is -6.00. The molecular formula is C6H14BF4O-. The number of rotatable bonds is 2. The Balaban J connectivity index is 0. The molecule has 0 bridgehead atoms. The van der Waals surface area contributed by atoms with E-state index in [0.717, 1.165) is 0 Å². The van der Waals surface area contributed by atoms with E-state index in [2.05, 4.69) is 0 Å². The summed E-state index contributed by atoms with van der Waals surface area (Å²) >= 11 is 0. The maximum absolute atomic E-state index is 9.75. The summed E-state index contributed by atoms with van der Waals surface area (Å²) in [6.45, 7) is 8.17. The monoisotopic (exact) mass is 189 g/mol. The van der Waals surface area contributed by atoms with Crippen molar-refractivity contribution in [3.8, 4) is 0 Å². The number of hydrogen-bond donors (Lipinski definition) is 0. The lowest BCUT2D eigenvalue weighted by Crippen LogP contribution is -2.09. The number of hydrogen-bond acceptors (Lipinski definition) is 1. The molecule has 0 atom stereocenters. The fourth-order valence-corrected chi connectivity index (χ4v) is 0.544. The summed E-state index contributed by atoms with van der Waals surface area (Å²) in [4.78, 5) is 0. The summed E-state index contributed by atoms with van der Waals surface area (Å²) < 4.78 is 44.2. The molecule has 0 aliphatic heterocycles. The summed E-state index contributed by atoms with van der Waals surface area (Å²) in [5.41, 5.74) is 0. The highest BCUT2D eigenvalue weighted by atomic mass is 19.5. The van der Waals surface area contributed by atoms with Gasteiger partial charge in [0.25, 0.3) is 0 Å². The Morgan fingerprint density at radius 3 is 1.00 bits per heavy atom. The van der Waals surface area contributed by atoms with Crippen molar-refractivity contribution in [2.24, 2.45) is 0 Å². The summed E-state index contributed by atoms with van der Waals surface area (Å²) in [6.07, 6.45) is 0.750. The third-order valence-corrected chi connectivity index (χ3v) is 0.544. The van der Waals surface area contributed by atoms with Gasteiger partial charge in [0, 0.05) is 0 Å². The Kier molecular flexibility index (Phi) is 7.47. The second-order valence-corrected chi connectivity index (χ2v) is 2.73. The zero-order chi connectivity index (χ0) is 10.4. The van der Waals surface area contributed by atoms with Crippen LogP contribution in [0.5, 0.6) is 0 Å². The Labute approximate surface area is 70.2 Å². The second-order valence-electron chi connectivity index (χ2n) is 2.73. The fourth-order valence-electron chi connectivity index (χ4n) is 0.544. The van der Waals surface area contributed by atoms with Gasteiger partial charge < -0.3 is 22.0 Å². The molecule has 0 rings (SSSR count). The van der Waals surface area contributed by atoms with Crippen molar-refractivity contribution in [2.75, 3.05) is 0 Å². The van der Waals surface area contributed by atoms with Crippen LogP contribution in [0.2, 0.25) is 0 Å². The first kappa shape index (κ1) is 14.3. The van der Waals surface area contributed by atoms with Crippen LogP contribution >= 0.6 is 0 Å². The van der Waals surface area contributed by atoms with Gasteiger partial charge in [-0.3, -0.25) is 0 Å². The van der Waals surface area contributed by atoms with Crippen LogP contribution in [0.25, 0.3) is 0 Å². The van der Waals surface area contributed by atoms with E-state index < -0.39 is 7.25 Å². The van der Waals surface area contributed by atoms with Gasteiger partial charge in [-0.2, -0.15) is 0 Å². The van der Waals surface area contributed by atoms with E-state index in [4.69, 9.17) is 4.74 Å². The van der Waals surface area contributed by atoms with Gasteiger partial charge >= 0.3 is 7.25 Å². The molecule has 0 N–H and O–H groups in total. The SMILES string of the molecule is CC(C)OC(C)C.F[B-](F)(F)F. The minimum Gasteiger partial charge on any atom is -0.418 e. The zero-order valence-electron chi connectivity index (χ0n) is 7.65. The topological polar surface area (TPSA) is 9.23 Å². The van der Waals surface area contributed by atoms with Gasteiger partial charge in [-0.05, 0) is 27.7 Å². The maximum atomic E-state index is 9.75. The van der Waals surface area contributed by atoms with Crippen LogP contribution in [0, 0.1) is 0 Å². The highest BCUT2D eigenvalue weighted by Crippen LogP contribution is 2.06. The van der Waals surface area contributed by atoms with E-state index in [0.29, 0.717) is 12.2 Å². The number of halogens is 4. The van der Waals surface area contributed by atoms with Crippen molar-refractivity contribution in [3.05, 3.63) is 0 Å². The average Bonchev–Trinajstić information content (AvgIpc) is 1.52. The smallest absolute Gasteiger partial charge is 0.418 e. The Morgan fingerprint density at radius 2 is 1.00 bits per heavy atom. The van der Waals surface area contributed by atoms with Crippen LogP contribution in [0.4, 0.5) is 17.3 Å². The molecule has 1 nitrogen and oxygen atoms in total. The lowest BCUT2D eigenvalue weighted by atomic mass is 10.3. The van der Waals surface area contributed by atoms with E-state index in [9.17, 15) is 17.3 Å². The largest absolute Gasteiger partial charge is 0.673 e. The molecule has 0 aromatic heterocycles. The summed E-state index contributed by atoms with van der Waals surface area (Å²) in [5, 5.41) is 0. The molecule has 0 aliphatic rings. The molecule has 12 heavy (non-hydrogen) atoms. The summed E-state index contributed by atoms with van der Waals surface area (Å²) in [5.74, 6) is 0. The minimum absolute atomic E-state index is 0.375. The van der Waals surface area contributed by atoms with Gasteiger partial charge in [-0.15, -0.1) is 0 Å². The molecular weight excluding hydrogens is 175 g/mol. The molecule has 0 aromatic rings. The van der Waals surface area contributed by atoms with Crippen LogP contribution in [0.3, 0.4) is 0 Å². The van der Waals surface area contributed by atoms with E-state index in [-0.39, 0.29) is 0 Å². The zero-order valence-corrected chi connectivity index (χ0v) is 7.65. The molecule has 0 saturated heterocycles. The van der Waals surface area contributed by atoms with Gasteiger partial charge in [0.2, 0.25) is 0 Å². The predicted octanol–water partition coefficient (Wildman–Crippen LogP) is 3.12. The fraction of sp³-hybridized carbons (Fsp3) is 1.00. The molecule has 0 unspecified atom stereocenters. The van der Waals surface area contributed by atoms with Gasteiger partial charge in [0.1, 0.15) is 0 Å². The quantitative estimate of drug-likeness (QED) is 0.478. The van der Waals surface area contributed by atoms with Crippen molar-refractivity contribution in [1.82, 2.24) is 0 Å². The Hall–Kier alpha value is -0.255. The molecule has 0 amide bonds. The normalized spacial score (nSPS) is 11.5. The first-order chi connectivity index (χ1) is 5.13. The molecule has 0 fully saturated rings. The molecule has 0 saturated carbocycles.